The van der Waals surface area contributed by atoms with Gasteiger partial charge in [0.05, 0.1) is 11.3 Å². The highest BCUT2D eigenvalue weighted by Gasteiger charge is 2.26. The van der Waals surface area contributed by atoms with E-state index in [1.165, 1.54) is 6.33 Å². The third-order valence-electron chi connectivity index (χ3n) is 2.76. The number of hydrogen-bond acceptors (Lipinski definition) is 3. The maximum absolute atomic E-state index is 12.4. The summed E-state index contributed by atoms with van der Waals surface area (Å²) in [6.07, 6.45) is 3.02. The molecule has 0 saturated heterocycles. The number of aromatic nitrogens is 2. The van der Waals surface area contributed by atoms with E-state index < -0.39 is 5.41 Å². The molecule has 0 aliphatic carbocycles. The predicted octanol–water partition coefficient (Wildman–Crippen LogP) is 4.03. The van der Waals surface area contributed by atoms with Crippen molar-refractivity contribution in [3.8, 4) is 11.3 Å². The molecule has 0 atom stereocenters. The lowest BCUT2D eigenvalue weighted by Crippen LogP contribution is -2.21. The van der Waals surface area contributed by atoms with Crippen molar-refractivity contribution in [3.63, 3.8) is 0 Å². The van der Waals surface area contributed by atoms with Gasteiger partial charge in [0.25, 0.3) is 0 Å². The molecule has 19 heavy (non-hydrogen) atoms. The van der Waals surface area contributed by atoms with Crippen LogP contribution in [0.3, 0.4) is 0 Å². The normalized spacial score (nSPS) is 11.4. The zero-order valence-corrected chi connectivity index (χ0v) is 11.9. The predicted molar refractivity (Wildman–Crippen MR) is 76.3 cm³/mol. The van der Waals surface area contributed by atoms with Gasteiger partial charge >= 0.3 is 0 Å². The summed E-state index contributed by atoms with van der Waals surface area (Å²) in [7, 11) is 0. The first kappa shape index (κ1) is 13.7. The van der Waals surface area contributed by atoms with Gasteiger partial charge in [-0.05, 0) is 12.1 Å². The molecule has 1 heterocycles. The fraction of sp³-hybridized carbons (Fsp3) is 0.267. The third kappa shape index (κ3) is 2.99. The van der Waals surface area contributed by atoms with Crippen LogP contribution in [0.15, 0.2) is 36.8 Å². The fourth-order valence-electron chi connectivity index (χ4n) is 1.74. The second-order valence-electron chi connectivity index (χ2n) is 5.37. The summed E-state index contributed by atoms with van der Waals surface area (Å²) in [5.74, 6) is 0.0260. The molecule has 2 rings (SSSR count). The lowest BCUT2D eigenvalue weighted by atomic mass is 9.85. The number of halogens is 1. The Kier molecular flexibility index (Phi) is 3.67. The van der Waals surface area contributed by atoms with Crippen molar-refractivity contribution < 1.29 is 4.79 Å². The summed E-state index contributed by atoms with van der Waals surface area (Å²) in [4.78, 5) is 20.6. The summed E-state index contributed by atoms with van der Waals surface area (Å²) in [6.45, 7) is 5.65. The fourth-order valence-corrected chi connectivity index (χ4v) is 1.86. The highest BCUT2D eigenvalue weighted by atomic mass is 35.5. The maximum Gasteiger partial charge on any atom is 0.171 e. The Morgan fingerprint density at radius 1 is 1.16 bits per heavy atom. The minimum Gasteiger partial charge on any atom is -0.293 e. The number of nitrogens with zero attached hydrogens (tertiary/aromatic N) is 2. The second kappa shape index (κ2) is 5.10. The van der Waals surface area contributed by atoms with Gasteiger partial charge in [0.2, 0.25) is 0 Å². The van der Waals surface area contributed by atoms with E-state index in [1.807, 2.05) is 32.9 Å². The van der Waals surface area contributed by atoms with E-state index in [0.717, 1.165) is 5.56 Å². The average Bonchev–Trinajstić information content (AvgIpc) is 2.38. The summed E-state index contributed by atoms with van der Waals surface area (Å²) in [5, 5.41) is 0.654. The molecule has 0 N–H and O–H groups in total. The molecule has 0 aliphatic heterocycles. The maximum atomic E-state index is 12.4. The van der Waals surface area contributed by atoms with Gasteiger partial charge in [0.1, 0.15) is 6.33 Å². The summed E-state index contributed by atoms with van der Waals surface area (Å²) in [6, 6.07) is 7.27. The number of carbonyl (C=O) groups excluding carboxylic acids is 1. The van der Waals surface area contributed by atoms with Gasteiger partial charge in [0.15, 0.2) is 5.78 Å². The Bertz CT molecular complexity index is 600. The molecule has 0 amide bonds. The summed E-state index contributed by atoms with van der Waals surface area (Å²) >= 11 is 5.87. The molecule has 3 nitrogen and oxygen atoms in total. The van der Waals surface area contributed by atoms with Gasteiger partial charge in [-0.2, -0.15) is 0 Å². The molecule has 0 fully saturated rings. The van der Waals surface area contributed by atoms with Crippen molar-refractivity contribution in [2.45, 2.75) is 20.8 Å². The first-order valence-corrected chi connectivity index (χ1v) is 6.38. The Morgan fingerprint density at radius 2 is 1.79 bits per heavy atom. The van der Waals surface area contributed by atoms with Crippen LogP contribution in [0.5, 0.6) is 0 Å². The topological polar surface area (TPSA) is 42.9 Å². The largest absolute Gasteiger partial charge is 0.293 e. The van der Waals surface area contributed by atoms with Crippen LogP contribution in [0.1, 0.15) is 31.1 Å². The van der Waals surface area contributed by atoms with Gasteiger partial charge in [-0.15, -0.1) is 0 Å². The van der Waals surface area contributed by atoms with E-state index in [4.69, 9.17) is 11.6 Å². The van der Waals surface area contributed by atoms with Crippen molar-refractivity contribution >= 4 is 17.4 Å². The third-order valence-corrected chi connectivity index (χ3v) is 3.01. The zero-order chi connectivity index (χ0) is 14.0. The van der Waals surface area contributed by atoms with E-state index in [2.05, 4.69) is 9.97 Å². The molecule has 1 aromatic carbocycles. The van der Waals surface area contributed by atoms with Crippen molar-refractivity contribution in [3.05, 3.63) is 47.4 Å². The summed E-state index contributed by atoms with van der Waals surface area (Å²) < 4.78 is 0. The average molecular weight is 275 g/mol. The van der Waals surface area contributed by atoms with Gasteiger partial charge in [0, 0.05) is 22.2 Å². The number of Topliss-reactive ketones (excluding diaryl/α,β-unsaturated/α-hetero) is 1. The molecular formula is C15H15ClN2O. The van der Waals surface area contributed by atoms with Crippen LogP contribution in [0.4, 0.5) is 0 Å². The molecule has 0 radical (unpaired) electrons. The molecule has 0 bridgehead atoms. The first-order valence-electron chi connectivity index (χ1n) is 6.00. The van der Waals surface area contributed by atoms with Crippen LogP contribution in [-0.4, -0.2) is 15.8 Å². The van der Waals surface area contributed by atoms with Crippen LogP contribution in [0, 0.1) is 5.41 Å². The lowest BCUT2D eigenvalue weighted by molar-refractivity contribution is 0.0858. The standard InChI is InChI=1S/C15H15ClN2O/c1-15(2,3)14(19)12-8-17-9-18-13(12)10-4-6-11(16)7-5-10/h4-9H,1-3H3. The van der Waals surface area contributed by atoms with Crippen molar-refractivity contribution in [2.24, 2.45) is 5.41 Å². The molecule has 0 aliphatic rings. The number of ketones is 1. The minimum absolute atomic E-state index is 0.0260. The van der Waals surface area contributed by atoms with Crippen LogP contribution in [0.25, 0.3) is 11.3 Å². The molecule has 98 valence electrons. The smallest absolute Gasteiger partial charge is 0.171 e. The minimum atomic E-state index is -0.466. The van der Waals surface area contributed by atoms with Gasteiger partial charge in [-0.1, -0.05) is 44.5 Å². The van der Waals surface area contributed by atoms with Gasteiger partial charge < -0.3 is 0 Å². The Morgan fingerprint density at radius 3 is 2.37 bits per heavy atom. The Balaban J connectivity index is 2.53. The van der Waals surface area contributed by atoms with Crippen molar-refractivity contribution in [1.29, 1.82) is 0 Å². The van der Waals surface area contributed by atoms with Crippen LogP contribution < -0.4 is 0 Å². The summed E-state index contributed by atoms with van der Waals surface area (Å²) in [5.41, 5.74) is 1.58. The van der Waals surface area contributed by atoms with E-state index in [1.54, 1.807) is 18.3 Å². The molecule has 0 spiro atoms. The molecule has 0 saturated carbocycles. The molecule has 4 heteroatoms. The van der Waals surface area contributed by atoms with E-state index >= 15 is 0 Å². The van der Waals surface area contributed by atoms with Gasteiger partial charge in [-0.3, -0.25) is 4.79 Å². The van der Waals surface area contributed by atoms with E-state index in [9.17, 15) is 4.79 Å². The second-order valence-corrected chi connectivity index (χ2v) is 5.81. The molecular weight excluding hydrogens is 260 g/mol. The SMILES string of the molecule is CC(C)(C)C(=O)c1cncnc1-c1ccc(Cl)cc1. The Hall–Kier alpha value is -1.74. The molecule has 1 aromatic heterocycles. The number of rotatable bonds is 2. The Labute approximate surface area is 117 Å². The zero-order valence-electron chi connectivity index (χ0n) is 11.1. The number of carbonyl (C=O) groups is 1. The quantitative estimate of drug-likeness (QED) is 0.777. The molecule has 2 aromatic rings. The van der Waals surface area contributed by atoms with Crippen molar-refractivity contribution in [2.75, 3.05) is 0 Å². The monoisotopic (exact) mass is 274 g/mol. The van der Waals surface area contributed by atoms with E-state index in [0.29, 0.717) is 16.3 Å². The highest BCUT2D eigenvalue weighted by Crippen LogP contribution is 2.28. The van der Waals surface area contributed by atoms with Gasteiger partial charge in [-0.25, -0.2) is 9.97 Å². The van der Waals surface area contributed by atoms with Crippen LogP contribution in [0.2, 0.25) is 5.02 Å². The van der Waals surface area contributed by atoms with Crippen LogP contribution in [-0.2, 0) is 0 Å². The van der Waals surface area contributed by atoms with Crippen LogP contribution >= 0.6 is 11.6 Å². The molecule has 0 unspecified atom stereocenters. The van der Waals surface area contributed by atoms with Crippen molar-refractivity contribution in [1.82, 2.24) is 9.97 Å². The lowest BCUT2D eigenvalue weighted by Gasteiger charge is -2.18. The van der Waals surface area contributed by atoms with E-state index in [-0.39, 0.29) is 5.78 Å². The highest BCUT2D eigenvalue weighted by molar-refractivity contribution is 6.30. The first-order chi connectivity index (χ1) is 8.89. The number of hydrogen-bond donors (Lipinski definition) is 0. The number of benzene rings is 1.